The molecule has 4 nitrogen and oxygen atoms in total. The Morgan fingerprint density at radius 3 is 2.95 bits per heavy atom. The zero-order chi connectivity index (χ0) is 13.8. The van der Waals surface area contributed by atoms with Crippen LogP contribution in [0, 0.1) is 23.2 Å². The van der Waals surface area contributed by atoms with Gasteiger partial charge in [0, 0.05) is 16.9 Å². The number of fused-ring (bicyclic) bond motifs is 2. The van der Waals surface area contributed by atoms with E-state index in [-0.39, 0.29) is 23.4 Å². The van der Waals surface area contributed by atoms with E-state index >= 15 is 0 Å². The molecule has 0 spiro atoms. The van der Waals surface area contributed by atoms with Crippen LogP contribution in [-0.4, -0.2) is 30.1 Å². The van der Waals surface area contributed by atoms with Crippen molar-refractivity contribution in [3.05, 3.63) is 12.2 Å². The van der Waals surface area contributed by atoms with Gasteiger partial charge < -0.3 is 14.6 Å². The van der Waals surface area contributed by atoms with E-state index in [0.29, 0.717) is 24.0 Å². The SMILES string of the molecule is C=C1C(=O)OC2CC(C)C3CCOC(O)C3(C)CC12. The Balaban J connectivity index is 1.96. The van der Waals surface area contributed by atoms with Crippen molar-refractivity contribution in [2.24, 2.45) is 23.2 Å². The molecule has 4 heteroatoms. The highest BCUT2D eigenvalue weighted by atomic mass is 16.6. The molecule has 3 rings (SSSR count). The van der Waals surface area contributed by atoms with Gasteiger partial charge in [-0.15, -0.1) is 0 Å². The third-order valence-corrected chi connectivity index (χ3v) is 5.48. The molecule has 1 aliphatic carbocycles. The molecule has 2 aliphatic heterocycles. The lowest BCUT2D eigenvalue weighted by Gasteiger charge is -2.46. The third-order valence-electron chi connectivity index (χ3n) is 5.48. The molecule has 6 unspecified atom stereocenters. The van der Waals surface area contributed by atoms with Crippen LogP contribution in [0.15, 0.2) is 12.2 Å². The Kier molecular flexibility index (Phi) is 2.98. The molecule has 0 aromatic rings. The molecular weight excluding hydrogens is 244 g/mol. The van der Waals surface area contributed by atoms with Crippen molar-refractivity contribution < 1.29 is 19.4 Å². The van der Waals surface area contributed by atoms with Crippen molar-refractivity contribution in [2.45, 2.75) is 45.5 Å². The van der Waals surface area contributed by atoms with Crippen molar-refractivity contribution in [3.8, 4) is 0 Å². The zero-order valence-corrected chi connectivity index (χ0v) is 11.6. The van der Waals surface area contributed by atoms with Crippen molar-refractivity contribution in [1.82, 2.24) is 0 Å². The molecule has 19 heavy (non-hydrogen) atoms. The van der Waals surface area contributed by atoms with E-state index in [9.17, 15) is 9.90 Å². The lowest BCUT2D eigenvalue weighted by Crippen LogP contribution is -2.48. The Morgan fingerprint density at radius 2 is 2.21 bits per heavy atom. The van der Waals surface area contributed by atoms with Crippen LogP contribution >= 0.6 is 0 Å². The number of carbonyl (C=O) groups excluding carboxylic acids is 1. The summed E-state index contributed by atoms with van der Waals surface area (Å²) in [5, 5.41) is 10.3. The van der Waals surface area contributed by atoms with E-state index in [1.54, 1.807) is 0 Å². The summed E-state index contributed by atoms with van der Waals surface area (Å²) in [4.78, 5) is 11.7. The van der Waals surface area contributed by atoms with Gasteiger partial charge in [0.1, 0.15) is 6.10 Å². The monoisotopic (exact) mass is 266 g/mol. The van der Waals surface area contributed by atoms with Crippen LogP contribution in [0.3, 0.4) is 0 Å². The Labute approximate surface area is 113 Å². The third kappa shape index (κ3) is 1.84. The molecule has 6 atom stereocenters. The van der Waals surface area contributed by atoms with Crippen molar-refractivity contribution in [3.63, 3.8) is 0 Å². The minimum Gasteiger partial charge on any atom is -0.458 e. The van der Waals surface area contributed by atoms with Crippen LogP contribution in [0.2, 0.25) is 0 Å². The molecule has 106 valence electrons. The van der Waals surface area contributed by atoms with Gasteiger partial charge >= 0.3 is 5.97 Å². The quantitative estimate of drug-likeness (QED) is 0.537. The summed E-state index contributed by atoms with van der Waals surface area (Å²) in [6.07, 6.45) is 1.73. The molecule has 1 N–H and O–H groups in total. The second kappa shape index (κ2) is 4.32. The number of aliphatic hydroxyl groups excluding tert-OH is 1. The smallest absolute Gasteiger partial charge is 0.334 e. The minimum atomic E-state index is -0.754. The van der Waals surface area contributed by atoms with Crippen LogP contribution < -0.4 is 0 Å². The molecule has 2 saturated heterocycles. The molecule has 3 fully saturated rings. The van der Waals surface area contributed by atoms with Gasteiger partial charge in [-0.2, -0.15) is 0 Å². The molecule has 0 amide bonds. The standard InChI is InChI=1S/C15H22O4/c1-8-6-12-10(9(2)13(16)19-12)7-15(3)11(8)4-5-18-14(15)17/h8,10-12,14,17H,2,4-7H2,1,3H3. The fraction of sp³-hybridized carbons (Fsp3) is 0.800. The van der Waals surface area contributed by atoms with E-state index < -0.39 is 6.29 Å². The van der Waals surface area contributed by atoms with Crippen LogP contribution in [0.25, 0.3) is 0 Å². The van der Waals surface area contributed by atoms with Crippen LogP contribution in [0.4, 0.5) is 0 Å². The molecular formula is C15H22O4. The summed E-state index contributed by atoms with van der Waals surface area (Å²) in [6.45, 7) is 8.77. The fourth-order valence-electron chi connectivity index (χ4n) is 4.34. The highest BCUT2D eigenvalue weighted by Gasteiger charge is 2.54. The molecule has 0 bridgehead atoms. The summed E-state index contributed by atoms with van der Waals surface area (Å²) in [5.41, 5.74) is 0.255. The molecule has 0 aromatic heterocycles. The first-order valence-electron chi connectivity index (χ1n) is 7.13. The zero-order valence-electron chi connectivity index (χ0n) is 11.6. The van der Waals surface area contributed by atoms with Crippen LogP contribution in [0.1, 0.15) is 33.1 Å². The van der Waals surface area contributed by atoms with Gasteiger partial charge in [0.15, 0.2) is 6.29 Å². The van der Waals surface area contributed by atoms with Gasteiger partial charge in [-0.1, -0.05) is 20.4 Å². The molecule has 0 radical (unpaired) electrons. The highest BCUT2D eigenvalue weighted by Crippen LogP contribution is 2.53. The Bertz CT molecular complexity index is 418. The number of hydrogen-bond donors (Lipinski definition) is 1. The first-order chi connectivity index (χ1) is 8.93. The topological polar surface area (TPSA) is 55.8 Å². The Morgan fingerprint density at radius 1 is 1.47 bits per heavy atom. The van der Waals surface area contributed by atoms with E-state index in [0.717, 1.165) is 19.3 Å². The predicted octanol–water partition coefficient (Wildman–Crippen LogP) is 1.88. The maximum absolute atomic E-state index is 11.7. The van der Waals surface area contributed by atoms with Gasteiger partial charge in [-0.25, -0.2) is 4.79 Å². The normalized spacial score (nSPS) is 50.2. The van der Waals surface area contributed by atoms with E-state index in [4.69, 9.17) is 9.47 Å². The van der Waals surface area contributed by atoms with Gasteiger partial charge in [0.2, 0.25) is 0 Å². The second-order valence-corrected chi connectivity index (χ2v) is 6.62. The van der Waals surface area contributed by atoms with E-state index in [1.807, 2.05) is 0 Å². The maximum Gasteiger partial charge on any atom is 0.334 e. The highest BCUT2D eigenvalue weighted by molar-refractivity contribution is 5.90. The maximum atomic E-state index is 11.7. The summed E-state index contributed by atoms with van der Waals surface area (Å²) >= 11 is 0. The van der Waals surface area contributed by atoms with E-state index in [2.05, 4.69) is 20.4 Å². The summed E-state index contributed by atoms with van der Waals surface area (Å²) in [6, 6.07) is 0. The lowest BCUT2D eigenvalue weighted by molar-refractivity contribution is -0.229. The van der Waals surface area contributed by atoms with E-state index in [1.165, 1.54) is 0 Å². The number of rotatable bonds is 0. The number of aliphatic hydroxyl groups is 1. The first kappa shape index (κ1) is 13.1. The van der Waals surface area contributed by atoms with Crippen LogP contribution in [0.5, 0.6) is 0 Å². The average Bonchev–Trinajstić information content (AvgIpc) is 2.54. The van der Waals surface area contributed by atoms with Crippen molar-refractivity contribution in [2.75, 3.05) is 6.61 Å². The van der Waals surface area contributed by atoms with Gasteiger partial charge in [0.05, 0.1) is 6.61 Å². The molecule has 2 heterocycles. The molecule has 1 saturated carbocycles. The van der Waals surface area contributed by atoms with Gasteiger partial charge in [-0.05, 0) is 31.1 Å². The second-order valence-electron chi connectivity index (χ2n) is 6.62. The van der Waals surface area contributed by atoms with Crippen molar-refractivity contribution in [1.29, 1.82) is 0 Å². The largest absolute Gasteiger partial charge is 0.458 e. The number of esters is 1. The lowest BCUT2D eigenvalue weighted by atomic mass is 9.65. The average molecular weight is 266 g/mol. The fourth-order valence-corrected chi connectivity index (χ4v) is 4.34. The number of hydrogen-bond acceptors (Lipinski definition) is 4. The van der Waals surface area contributed by atoms with Gasteiger partial charge in [-0.3, -0.25) is 0 Å². The molecule has 3 aliphatic rings. The summed E-state index contributed by atoms with van der Waals surface area (Å²) < 4.78 is 10.9. The predicted molar refractivity (Wildman–Crippen MR) is 69.1 cm³/mol. The van der Waals surface area contributed by atoms with Crippen molar-refractivity contribution >= 4 is 5.97 Å². The first-order valence-corrected chi connectivity index (χ1v) is 7.13. The summed E-state index contributed by atoms with van der Waals surface area (Å²) in [7, 11) is 0. The Hall–Kier alpha value is -0.870. The number of ether oxygens (including phenoxy) is 2. The number of carbonyl (C=O) groups is 1. The minimum absolute atomic E-state index is 0.0290. The van der Waals surface area contributed by atoms with Gasteiger partial charge in [0.25, 0.3) is 0 Å². The van der Waals surface area contributed by atoms with Crippen LogP contribution in [-0.2, 0) is 14.3 Å². The molecule has 0 aromatic carbocycles. The summed E-state index contributed by atoms with van der Waals surface area (Å²) in [5.74, 6) is 0.586.